The number of hydrogen-bond donors (Lipinski definition) is 3. The van der Waals surface area contributed by atoms with Crippen LogP contribution in [-0.2, 0) is 0 Å². The summed E-state index contributed by atoms with van der Waals surface area (Å²) in [6.07, 6.45) is 0.984. The zero-order valence-corrected chi connectivity index (χ0v) is 19.2. The lowest BCUT2D eigenvalue weighted by atomic mass is 9.98. The normalized spacial score (nSPS) is 16.3. The van der Waals surface area contributed by atoms with Crippen LogP contribution in [0.25, 0.3) is 32.9 Å². The molecule has 178 valence electrons. The summed E-state index contributed by atoms with van der Waals surface area (Å²) in [6, 6.07) is 16.7. The third kappa shape index (κ3) is 4.22. The van der Waals surface area contributed by atoms with E-state index in [1.54, 1.807) is 30.2 Å². The van der Waals surface area contributed by atoms with Gasteiger partial charge in [0.1, 0.15) is 5.75 Å². The van der Waals surface area contributed by atoms with Gasteiger partial charge in [-0.25, -0.2) is 0 Å². The maximum atomic E-state index is 13.1. The largest absolute Gasteiger partial charge is 0.497 e. The lowest BCUT2D eigenvalue weighted by molar-refractivity contribution is 0.0474. The number of piperidine rings is 1. The van der Waals surface area contributed by atoms with Gasteiger partial charge in [-0.05, 0) is 60.4 Å². The molecule has 3 aromatic carbocycles. The van der Waals surface area contributed by atoms with Crippen molar-refractivity contribution in [3.63, 3.8) is 0 Å². The zero-order valence-electron chi connectivity index (χ0n) is 19.2. The van der Waals surface area contributed by atoms with E-state index in [1.807, 2.05) is 36.4 Å². The molecule has 5 rings (SSSR count). The highest BCUT2D eigenvalue weighted by Gasteiger charge is 2.24. The molecule has 4 N–H and O–H groups in total. The Balaban J connectivity index is 1.65. The zero-order chi connectivity index (χ0) is 24.5. The molecule has 35 heavy (non-hydrogen) atoms. The first-order chi connectivity index (χ1) is 17.0. The molecule has 1 saturated heterocycles. The number of benzene rings is 3. The fourth-order valence-corrected chi connectivity index (χ4v) is 4.71. The van der Waals surface area contributed by atoms with Gasteiger partial charge in [0.2, 0.25) is 0 Å². The van der Waals surface area contributed by atoms with Crippen LogP contribution in [0.3, 0.4) is 0 Å². The number of hydrogen-bond acceptors (Lipinski definition) is 5. The van der Waals surface area contributed by atoms with Crippen molar-refractivity contribution < 1.29 is 19.4 Å². The number of ether oxygens (including phenoxy) is 1. The molecule has 0 radical (unpaired) electrons. The second-order valence-electron chi connectivity index (χ2n) is 8.63. The highest BCUT2D eigenvalue weighted by molar-refractivity contribution is 6.17. The number of β-amino-alcohol motifs (C(OH)–C–C–N with tert-alkyl or cyclic N) is 1. The Bertz CT molecular complexity index is 1480. The molecule has 1 unspecified atom stereocenters. The molecule has 1 fully saturated rings. The maximum Gasteiger partial charge on any atom is 0.299 e. The Morgan fingerprint density at radius 3 is 2.74 bits per heavy atom. The summed E-state index contributed by atoms with van der Waals surface area (Å²) >= 11 is 0. The predicted molar refractivity (Wildman–Crippen MR) is 132 cm³/mol. The van der Waals surface area contributed by atoms with Crippen LogP contribution in [0.1, 0.15) is 33.6 Å². The van der Waals surface area contributed by atoms with Gasteiger partial charge in [-0.15, -0.1) is 0 Å². The second kappa shape index (κ2) is 9.19. The van der Waals surface area contributed by atoms with E-state index in [0.717, 1.165) is 28.3 Å². The molecular formula is C26H25N5O4. The number of aliphatic hydroxyl groups is 1. The summed E-state index contributed by atoms with van der Waals surface area (Å²) in [6.45, 7) is 0.948. The molecule has 0 aliphatic carbocycles. The number of likely N-dealkylation sites (tertiary alicyclic amines) is 1. The Kier molecular flexibility index (Phi) is 5.92. The second-order valence-corrected chi connectivity index (χ2v) is 8.63. The van der Waals surface area contributed by atoms with Crippen LogP contribution in [0.2, 0.25) is 0 Å². The van der Waals surface area contributed by atoms with E-state index in [4.69, 9.17) is 10.6 Å². The van der Waals surface area contributed by atoms with Crippen LogP contribution in [0, 0.1) is 0 Å². The fraction of sp³-hybridized carbons (Fsp3) is 0.231. The van der Waals surface area contributed by atoms with Crippen LogP contribution in [-0.4, -0.2) is 53.1 Å². The average molecular weight is 472 g/mol. The number of carbonyl (C=O) groups excluding carboxylic acids is 2. The van der Waals surface area contributed by atoms with Crippen molar-refractivity contribution in [2.75, 3.05) is 20.2 Å². The van der Waals surface area contributed by atoms with Crippen molar-refractivity contribution in [2.45, 2.75) is 18.9 Å². The van der Waals surface area contributed by atoms with Gasteiger partial charge >= 0.3 is 0 Å². The van der Waals surface area contributed by atoms with Crippen molar-refractivity contribution in [1.82, 2.24) is 9.88 Å². The summed E-state index contributed by atoms with van der Waals surface area (Å²) in [4.78, 5) is 30.8. The minimum absolute atomic E-state index is 0.130. The van der Waals surface area contributed by atoms with Crippen LogP contribution in [0.5, 0.6) is 5.75 Å². The van der Waals surface area contributed by atoms with E-state index in [0.29, 0.717) is 47.4 Å². The maximum absolute atomic E-state index is 13.1. The fourth-order valence-electron chi connectivity index (χ4n) is 4.71. The minimum Gasteiger partial charge on any atom is -0.497 e. The van der Waals surface area contributed by atoms with Crippen molar-refractivity contribution in [3.05, 3.63) is 65.7 Å². The third-order valence-corrected chi connectivity index (χ3v) is 6.42. The summed E-state index contributed by atoms with van der Waals surface area (Å²) in [5.41, 5.74) is 3.80. The number of methoxy groups -OCH3 is 1. The number of aromatic amines is 1. The Hall–Kier alpha value is -4.24. The summed E-state index contributed by atoms with van der Waals surface area (Å²) in [5.74, 6) is 5.15. The first-order valence-electron chi connectivity index (χ1n) is 11.3. The lowest BCUT2D eigenvalue weighted by Gasteiger charge is -2.30. The van der Waals surface area contributed by atoms with Gasteiger partial charge in [0.25, 0.3) is 11.8 Å². The quantitative estimate of drug-likeness (QED) is 0.234. The van der Waals surface area contributed by atoms with Crippen LogP contribution >= 0.6 is 0 Å². The Morgan fingerprint density at radius 2 is 1.97 bits per heavy atom. The molecule has 1 aliphatic heterocycles. The van der Waals surface area contributed by atoms with Gasteiger partial charge in [0.05, 0.1) is 24.3 Å². The first kappa shape index (κ1) is 22.5. The lowest BCUT2D eigenvalue weighted by Crippen LogP contribution is -2.42. The third-order valence-electron chi connectivity index (χ3n) is 6.42. The van der Waals surface area contributed by atoms with Crippen molar-refractivity contribution in [1.29, 1.82) is 0 Å². The SMILES string of the molecule is COc1cccc(-c2cc(C(=O)N=NN)c3[nH]c4cc(C(=O)N5CCCC(O)C5)ccc4c3c2)c1. The van der Waals surface area contributed by atoms with E-state index in [1.165, 1.54) is 0 Å². The summed E-state index contributed by atoms with van der Waals surface area (Å²) in [7, 11) is 1.60. The van der Waals surface area contributed by atoms with Crippen molar-refractivity contribution in [2.24, 2.45) is 16.2 Å². The molecule has 2 amide bonds. The van der Waals surface area contributed by atoms with Gasteiger partial charge in [-0.1, -0.05) is 28.5 Å². The Labute approximate surface area is 201 Å². The molecule has 9 nitrogen and oxygen atoms in total. The van der Waals surface area contributed by atoms with E-state index >= 15 is 0 Å². The number of nitrogens with one attached hydrogen (secondary N) is 1. The molecule has 0 bridgehead atoms. The molecule has 9 heteroatoms. The number of rotatable bonds is 4. The summed E-state index contributed by atoms with van der Waals surface area (Å²) in [5, 5.41) is 18.3. The van der Waals surface area contributed by atoms with E-state index < -0.39 is 12.0 Å². The first-order valence-corrected chi connectivity index (χ1v) is 11.3. The number of nitrogens with zero attached hydrogens (tertiary/aromatic N) is 3. The smallest absolute Gasteiger partial charge is 0.299 e. The molecule has 1 atom stereocenters. The standard InChI is InChI=1S/C26H25N5O4/c1-35-19-6-2-4-15(10-19)17-11-21-20-8-7-16(26(34)31-9-3-5-18(32)14-31)13-23(20)28-24(21)22(12-17)25(33)29-30-27/h2,4,6-8,10-13,18,28,32H,3,5,9,14H2,1H3,(H2,27,29,33). The number of aromatic nitrogens is 1. The summed E-state index contributed by atoms with van der Waals surface area (Å²) < 4.78 is 5.35. The molecule has 0 spiro atoms. The molecule has 1 aliphatic rings. The van der Waals surface area contributed by atoms with E-state index in [9.17, 15) is 14.7 Å². The average Bonchev–Trinajstić information content (AvgIpc) is 3.25. The van der Waals surface area contributed by atoms with Crippen LogP contribution in [0.4, 0.5) is 0 Å². The van der Waals surface area contributed by atoms with Crippen LogP contribution in [0.15, 0.2) is 64.9 Å². The van der Waals surface area contributed by atoms with Crippen LogP contribution < -0.4 is 10.6 Å². The van der Waals surface area contributed by atoms with Gasteiger partial charge in [-0.2, -0.15) is 0 Å². The minimum atomic E-state index is -0.576. The number of carbonyl (C=O) groups is 2. The number of aliphatic hydroxyl groups excluding tert-OH is 1. The van der Waals surface area contributed by atoms with Gasteiger partial charge in [-0.3, -0.25) is 9.59 Å². The predicted octanol–water partition coefficient (Wildman–Crippen LogP) is 4.06. The van der Waals surface area contributed by atoms with Gasteiger partial charge < -0.3 is 25.6 Å². The number of H-pyrrole nitrogens is 1. The molecule has 4 aromatic rings. The number of fused-ring (bicyclic) bond motifs is 3. The van der Waals surface area contributed by atoms with E-state index in [-0.39, 0.29) is 5.91 Å². The topological polar surface area (TPSA) is 133 Å². The van der Waals surface area contributed by atoms with Gasteiger partial charge in [0, 0.05) is 34.9 Å². The molecule has 2 heterocycles. The molecular weight excluding hydrogens is 446 g/mol. The molecule has 0 saturated carbocycles. The number of nitrogens with two attached hydrogens (primary N) is 1. The van der Waals surface area contributed by atoms with Gasteiger partial charge in [0.15, 0.2) is 0 Å². The Morgan fingerprint density at radius 1 is 1.11 bits per heavy atom. The number of amides is 2. The molecule has 1 aromatic heterocycles. The van der Waals surface area contributed by atoms with Crippen molar-refractivity contribution >= 4 is 33.6 Å². The van der Waals surface area contributed by atoms with E-state index in [2.05, 4.69) is 15.3 Å². The monoisotopic (exact) mass is 471 g/mol. The highest BCUT2D eigenvalue weighted by Crippen LogP contribution is 2.35. The highest BCUT2D eigenvalue weighted by atomic mass is 16.5. The van der Waals surface area contributed by atoms with Crippen molar-refractivity contribution in [3.8, 4) is 16.9 Å².